The van der Waals surface area contributed by atoms with Crippen molar-refractivity contribution in [2.24, 2.45) is 0 Å². The Morgan fingerprint density at radius 2 is 1.69 bits per heavy atom. The fourth-order valence-corrected chi connectivity index (χ4v) is 3.77. The van der Waals surface area contributed by atoms with Crippen molar-refractivity contribution in [1.82, 2.24) is 9.55 Å². The highest BCUT2D eigenvalue weighted by atomic mass is 16.5. The van der Waals surface area contributed by atoms with Crippen LogP contribution in [-0.2, 0) is 4.74 Å². The summed E-state index contributed by atoms with van der Waals surface area (Å²) >= 11 is 0. The van der Waals surface area contributed by atoms with Crippen molar-refractivity contribution in [3.8, 4) is 0 Å². The molecule has 0 unspecified atom stereocenters. The van der Waals surface area contributed by atoms with Crippen LogP contribution in [0.4, 0.5) is 5.95 Å². The van der Waals surface area contributed by atoms with E-state index in [1.807, 2.05) is 48.5 Å². The lowest BCUT2D eigenvalue weighted by Gasteiger charge is -2.26. The number of carbonyl (C=O) groups is 1. The maximum absolute atomic E-state index is 11.8. The molecule has 0 bridgehead atoms. The lowest BCUT2D eigenvalue weighted by molar-refractivity contribution is 0.0600. The quantitative estimate of drug-likeness (QED) is 0.514. The Balaban J connectivity index is 1.66. The van der Waals surface area contributed by atoms with E-state index >= 15 is 0 Å². The summed E-state index contributed by atoms with van der Waals surface area (Å²) in [7, 11) is 1.39. The first kappa shape index (κ1) is 17.3. The van der Waals surface area contributed by atoms with Crippen molar-refractivity contribution >= 4 is 28.6 Å². The first-order valence-electron chi connectivity index (χ1n) is 9.44. The summed E-state index contributed by atoms with van der Waals surface area (Å²) in [6.07, 6.45) is 2.20. The third kappa shape index (κ3) is 2.97. The van der Waals surface area contributed by atoms with Gasteiger partial charge in [0, 0.05) is 5.70 Å². The number of para-hydroxylation sites is 2. The van der Waals surface area contributed by atoms with Crippen molar-refractivity contribution in [2.75, 3.05) is 12.4 Å². The normalized spacial score (nSPS) is 15.3. The molecule has 142 valence electrons. The Kier molecular flexibility index (Phi) is 4.13. The molecule has 1 N–H and O–H groups in total. The topological polar surface area (TPSA) is 56.1 Å². The van der Waals surface area contributed by atoms with Crippen molar-refractivity contribution in [3.05, 3.63) is 102 Å². The van der Waals surface area contributed by atoms with E-state index in [0.717, 1.165) is 33.8 Å². The van der Waals surface area contributed by atoms with Gasteiger partial charge in [-0.1, -0.05) is 54.6 Å². The number of aromatic nitrogens is 2. The number of ether oxygens (including phenoxy) is 1. The number of benzene rings is 3. The Morgan fingerprint density at radius 1 is 0.966 bits per heavy atom. The van der Waals surface area contributed by atoms with E-state index in [1.165, 1.54) is 7.11 Å². The van der Waals surface area contributed by atoms with Crippen molar-refractivity contribution in [3.63, 3.8) is 0 Å². The van der Waals surface area contributed by atoms with Gasteiger partial charge in [-0.15, -0.1) is 0 Å². The minimum atomic E-state index is -0.337. The summed E-state index contributed by atoms with van der Waals surface area (Å²) in [6.45, 7) is 0. The summed E-state index contributed by atoms with van der Waals surface area (Å²) in [6, 6.07) is 25.8. The number of anilines is 1. The molecule has 2 heterocycles. The maximum Gasteiger partial charge on any atom is 0.337 e. The third-order valence-electron chi connectivity index (χ3n) is 5.20. The van der Waals surface area contributed by atoms with Gasteiger partial charge in [-0.05, 0) is 41.5 Å². The summed E-state index contributed by atoms with van der Waals surface area (Å²) in [5, 5.41) is 3.48. The van der Waals surface area contributed by atoms with Crippen molar-refractivity contribution < 1.29 is 9.53 Å². The SMILES string of the molecule is COC(=O)c1ccc([C@H]2C=C(c3ccccc3)Nc3nc4ccccc4n32)cc1. The summed E-state index contributed by atoms with van der Waals surface area (Å²) in [5.74, 6) is 0.464. The Hall–Kier alpha value is -3.86. The van der Waals surface area contributed by atoms with Crippen LogP contribution in [0.3, 0.4) is 0 Å². The lowest BCUT2D eigenvalue weighted by Crippen LogP contribution is -2.19. The molecule has 1 aliphatic heterocycles. The van der Waals surface area contributed by atoms with E-state index < -0.39 is 0 Å². The average Bonchev–Trinajstić information content (AvgIpc) is 3.17. The van der Waals surface area contributed by atoms with E-state index in [4.69, 9.17) is 9.72 Å². The van der Waals surface area contributed by atoms with Crippen LogP contribution in [0.5, 0.6) is 0 Å². The van der Waals surface area contributed by atoms with Gasteiger partial charge < -0.3 is 10.1 Å². The molecule has 29 heavy (non-hydrogen) atoms. The molecule has 0 radical (unpaired) electrons. The highest BCUT2D eigenvalue weighted by molar-refractivity contribution is 5.89. The van der Waals surface area contributed by atoms with Crippen LogP contribution in [0.25, 0.3) is 16.7 Å². The number of hydrogen-bond donors (Lipinski definition) is 1. The minimum absolute atomic E-state index is 0.0550. The van der Waals surface area contributed by atoms with E-state index in [2.05, 4.69) is 34.2 Å². The monoisotopic (exact) mass is 381 g/mol. The second-order valence-electron chi connectivity index (χ2n) is 6.92. The number of methoxy groups -OCH3 is 1. The molecular formula is C24H19N3O2. The van der Waals surface area contributed by atoms with Gasteiger partial charge in [0.1, 0.15) is 0 Å². The Labute approximate surface area is 168 Å². The van der Waals surface area contributed by atoms with Gasteiger partial charge in [0.15, 0.2) is 0 Å². The molecule has 5 rings (SSSR count). The van der Waals surface area contributed by atoms with E-state index in [-0.39, 0.29) is 12.0 Å². The number of rotatable bonds is 3. The van der Waals surface area contributed by atoms with E-state index in [9.17, 15) is 4.79 Å². The molecule has 1 aromatic heterocycles. The van der Waals surface area contributed by atoms with Gasteiger partial charge in [0.25, 0.3) is 0 Å². The standard InChI is InChI=1S/C24H19N3O2/c1-29-23(28)18-13-11-17(12-14-18)22-15-20(16-7-3-2-4-8-16)26-24-25-19-9-5-6-10-21(19)27(22)24/h2-15,22H,1H3,(H,25,26)/t22-/m1/s1. The van der Waals surface area contributed by atoms with Crippen LogP contribution < -0.4 is 5.32 Å². The highest BCUT2D eigenvalue weighted by Crippen LogP contribution is 2.36. The molecule has 5 heteroatoms. The predicted molar refractivity (Wildman–Crippen MR) is 114 cm³/mol. The van der Waals surface area contributed by atoms with Gasteiger partial charge in [0.05, 0.1) is 29.7 Å². The first-order chi connectivity index (χ1) is 14.2. The molecule has 1 atom stereocenters. The molecule has 0 saturated heterocycles. The van der Waals surface area contributed by atoms with Crippen LogP contribution in [0.1, 0.15) is 27.5 Å². The van der Waals surface area contributed by atoms with Crippen molar-refractivity contribution in [2.45, 2.75) is 6.04 Å². The zero-order valence-electron chi connectivity index (χ0n) is 15.9. The lowest BCUT2D eigenvalue weighted by atomic mass is 10.00. The van der Waals surface area contributed by atoms with Gasteiger partial charge in [-0.3, -0.25) is 4.57 Å². The first-order valence-corrected chi connectivity index (χ1v) is 9.44. The zero-order valence-corrected chi connectivity index (χ0v) is 15.9. The van der Waals surface area contributed by atoms with Gasteiger partial charge in [0.2, 0.25) is 5.95 Å². The average molecular weight is 381 g/mol. The van der Waals surface area contributed by atoms with Gasteiger partial charge >= 0.3 is 5.97 Å². The van der Waals surface area contributed by atoms with E-state index in [1.54, 1.807) is 12.1 Å². The van der Waals surface area contributed by atoms with Crippen LogP contribution in [0, 0.1) is 0 Å². The van der Waals surface area contributed by atoms with Gasteiger partial charge in [-0.2, -0.15) is 0 Å². The number of imidazole rings is 1. The Morgan fingerprint density at radius 3 is 2.45 bits per heavy atom. The minimum Gasteiger partial charge on any atom is -0.465 e. The number of allylic oxidation sites excluding steroid dienone is 1. The second kappa shape index (κ2) is 6.95. The second-order valence-corrected chi connectivity index (χ2v) is 6.92. The fraction of sp³-hybridized carbons (Fsp3) is 0.0833. The highest BCUT2D eigenvalue weighted by Gasteiger charge is 2.25. The summed E-state index contributed by atoms with van der Waals surface area (Å²) in [5.41, 5.74) is 5.71. The molecule has 0 fully saturated rings. The number of esters is 1. The maximum atomic E-state index is 11.8. The predicted octanol–water partition coefficient (Wildman–Crippen LogP) is 4.88. The smallest absolute Gasteiger partial charge is 0.337 e. The molecular weight excluding hydrogens is 362 g/mol. The fourth-order valence-electron chi connectivity index (χ4n) is 3.77. The summed E-state index contributed by atoms with van der Waals surface area (Å²) < 4.78 is 7.01. The van der Waals surface area contributed by atoms with Crippen LogP contribution in [0.15, 0.2) is 84.9 Å². The molecule has 5 nitrogen and oxygen atoms in total. The number of hydrogen-bond acceptors (Lipinski definition) is 4. The molecule has 1 aliphatic rings. The molecule has 4 aromatic rings. The number of carbonyl (C=O) groups excluding carboxylic acids is 1. The third-order valence-corrected chi connectivity index (χ3v) is 5.20. The van der Waals surface area contributed by atoms with Crippen LogP contribution >= 0.6 is 0 Å². The number of nitrogens with one attached hydrogen (secondary N) is 1. The largest absolute Gasteiger partial charge is 0.465 e. The zero-order chi connectivity index (χ0) is 19.8. The number of nitrogens with zero attached hydrogens (tertiary/aromatic N) is 2. The van der Waals surface area contributed by atoms with Crippen LogP contribution in [0.2, 0.25) is 0 Å². The van der Waals surface area contributed by atoms with Crippen LogP contribution in [-0.4, -0.2) is 22.6 Å². The van der Waals surface area contributed by atoms with Crippen molar-refractivity contribution in [1.29, 1.82) is 0 Å². The number of fused-ring (bicyclic) bond motifs is 3. The Bertz CT molecular complexity index is 1220. The summed E-state index contributed by atoms with van der Waals surface area (Å²) in [4.78, 5) is 16.6. The molecule has 0 amide bonds. The molecule has 0 aliphatic carbocycles. The van der Waals surface area contributed by atoms with Gasteiger partial charge in [-0.25, -0.2) is 9.78 Å². The molecule has 3 aromatic carbocycles. The van der Waals surface area contributed by atoms with E-state index in [0.29, 0.717) is 5.56 Å². The molecule has 0 saturated carbocycles. The molecule has 0 spiro atoms.